The molecule has 29 heavy (non-hydrogen) atoms. The SMILES string of the molecule is COc1cc2ccccc2cc1C(=O)OCc1ccc(-c2cccc(Cl)c2Cl)o1. The molecule has 146 valence electrons. The number of halogens is 2. The number of rotatable bonds is 5. The van der Waals surface area contributed by atoms with E-state index in [2.05, 4.69) is 0 Å². The van der Waals surface area contributed by atoms with Gasteiger partial charge in [0.25, 0.3) is 0 Å². The number of fused-ring (bicyclic) bond motifs is 1. The molecule has 0 saturated carbocycles. The van der Waals surface area contributed by atoms with Gasteiger partial charge in [-0.25, -0.2) is 4.79 Å². The molecule has 0 amide bonds. The second-order valence-electron chi connectivity index (χ2n) is 6.34. The second kappa shape index (κ2) is 8.19. The van der Waals surface area contributed by atoms with E-state index in [0.717, 1.165) is 10.8 Å². The smallest absolute Gasteiger partial charge is 0.342 e. The van der Waals surface area contributed by atoms with Crippen LogP contribution in [0.2, 0.25) is 10.0 Å². The lowest BCUT2D eigenvalue weighted by Crippen LogP contribution is -2.07. The van der Waals surface area contributed by atoms with Gasteiger partial charge in [-0.3, -0.25) is 0 Å². The first-order valence-electron chi connectivity index (χ1n) is 8.84. The maximum absolute atomic E-state index is 12.6. The number of hydrogen-bond donors (Lipinski definition) is 0. The lowest BCUT2D eigenvalue weighted by Gasteiger charge is -2.10. The van der Waals surface area contributed by atoms with Gasteiger partial charge in [0.1, 0.15) is 29.4 Å². The Labute approximate surface area is 177 Å². The van der Waals surface area contributed by atoms with Crippen molar-refractivity contribution in [3.05, 3.63) is 88.1 Å². The van der Waals surface area contributed by atoms with Crippen molar-refractivity contribution in [1.29, 1.82) is 0 Å². The number of carbonyl (C=O) groups excluding carboxylic acids is 1. The number of benzene rings is 3. The summed E-state index contributed by atoms with van der Waals surface area (Å²) in [5.41, 5.74) is 1.03. The molecule has 0 aliphatic rings. The van der Waals surface area contributed by atoms with Gasteiger partial charge in [0.15, 0.2) is 0 Å². The number of esters is 1. The van der Waals surface area contributed by atoms with Crippen molar-refractivity contribution in [2.24, 2.45) is 0 Å². The molecule has 3 aromatic carbocycles. The molecule has 0 aliphatic carbocycles. The third-order valence-corrected chi connectivity index (χ3v) is 5.33. The van der Waals surface area contributed by atoms with Crippen LogP contribution >= 0.6 is 23.2 Å². The van der Waals surface area contributed by atoms with E-state index in [9.17, 15) is 4.79 Å². The molecule has 4 nitrogen and oxygen atoms in total. The molecule has 0 fully saturated rings. The fourth-order valence-corrected chi connectivity index (χ4v) is 3.45. The Kier molecular flexibility index (Phi) is 5.47. The minimum Gasteiger partial charge on any atom is -0.496 e. The van der Waals surface area contributed by atoms with Crippen LogP contribution in [0, 0.1) is 0 Å². The molecule has 4 aromatic rings. The molecule has 0 bridgehead atoms. The molecule has 4 rings (SSSR count). The summed E-state index contributed by atoms with van der Waals surface area (Å²) in [6.07, 6.45) is 0. The average molecular weight is 427 g/mol. The van der Waals surface area contributed by atoms with E-state index in [-0.39, 0.29) is 6.61 Å². The maximum Gasteiger partial charge on any atom is 0.342 e. The molecule has 1 heterocycles. The van der Waals surface area contributed by atoms with Crippen molar-refractivity contribution in [3.63, 3.8) is 0 Å². The van der Waals surface area contributed by atoms with E-state index < -0.39 is 5.97 Å². The fourth-order valence-electron chi connectivity index (χ4n) is 3.06. The van der Waals surface area contributed by atoms with Crippen LogP contribution in [0.25, 0.3) is 22.1 Å². The summed E-state index contributed by atoms with van der Waals surface area (Å²) in [5.74, 6) is 1.00. The van der Waals surface area contributed by atoms with Crippen LogP contribution < -0.4 is 4.74 Å². The van der Waals surface area contributed by atoms with E-state index in [1.54, 1.807) is 30.3 Å². The topological polar surface area (TPSA) is 48.7 Å². The summed E-state index contributed by atoms with van der Waals surface area (Å²) >= 11 is 12.3. The van der Waals surface area contributed by atoms with Crippen LogP contribution in [0.5, 0.6) is 5.75 Å². The van der Waals surface area contributed by atoms with E-state index in [0.29, 0.717) is 38.4 Å². The van der Waals surface area contributed by atoms with Gasteiger partial charge in [-0.15, -0.1) is 0 Å². The van der Waals surface area contributed by atoms with Crippen LogP contribution in [0.1, 0.15) is 16.1 Å². The van der Waals surface area contributed by atoms with Gasteiger partial charge < -0.3 is 13.9 Å². The zero-order chi connectivity index (χ0) is 20.4. The highest BCUT2D eigenvalue weighted by atomic mass is 35.5. The molecule has 0 unspecified atom stereocenters. The van der Waals surface area contributed by atoms with Gasteiger partial charge in [0.05, 0.1) is 17.2 Å². The average Bonchev–Trinajstić information content (AvgIpc) is 3.21. The van der Waals surface area contributed by atoms with Crippen LogP contribution in [0.4, 0.5) is 0 Å². The normalized spacial score (nSPS) is 10.9. The van der Waals surface area contributed by atoms with Crippen molar-refractivity contribution >= 4 is 39.9 Å². The van der Waals surface area contributed by atoms with E-state index in [1.807, 2.05) is 36.4 Å². The van der Waals surface area contributed by atoms with Crippen molar-refractivity contribution in [2.75, 3.05) is 7.11 Å². The number of furan rings is 1. The predicted octanol–water partition coefficient (Wildman–Crippen LogP) is 6.77. The van der Waals surface area contributed by atoms with Gasteiger partial charge in [-0.1, -0.05) is 53.5 Å². The van der Waals surface area contributed by atoms with Crippen LogP contribution in [0.15, 0.2) is 71.1 Å². The molecule has 0 aliphatic heterocycles. The van der Waals surface area contributed by atoms with E-state index in [1.165, 1.54) is 7.11 Å². The summed E-state index contributed by atoms with van der Waals surface area (Å²) < 4.78 is 16.6. The standard InChI is InChI=1S/C23H16Cl2O4/c1-27-21-12-15-6-3-2-5-14(15)11-18(21)23(26)28-13-16-9-10-20(29-16)17-7-4-8-19(24)22(17)25/h2-12H,13H2,1H3. The first-order valence-corrected chi connectivity index (χ1v) is 9.59. The van der Waals surface area contributed by atoms with Gasteiger partial charge >= 0.3 is 5.97 Å². The second-order valence-corrected chi connectivity index (χ2v) is 7.13. The Balaban J connectivity index is 1.53. The first kappa shape index (κ1) is 19.4. The maximum atomic E-state index is 12.6. The molecule has 0 saturated heterocycles. The van der Waals surface area contributed by atoms with Gasteiger partial charge in [0.2, 0.25) is 0 Å². The molecule has 6 heteroatoms. The zero-order valence-electron chi connectivity index (χ0n) is 15.4. The zero-order valence-corrected chi connectivity index (χ0v) is 17.0. The third-order valence-electron chi connectivity index (χ3n) is 4.51. The highest BCUT2D eigenvalue weighted by molar-refractivity contribution is 6.43. The lowest BCUT2D eigenvalue weighted by molar-refractivity contribution is 0.0443. The van der Waals surface area contributed by atoms with Crippen molar-refractivity contribution < 1.29 is 18.7 Å². The first-order chi connectivity index (χ1) is 14.1. The summed E-state index contributed by atoms with van der Waals surface area (Å²) in [6.45, 7) is -0.0208. The molecule has 0 radical (unpaired) electrons. The Morgan fingerprint density at radius 3 is 2.48 bits per heavy atom. The lowest BCUT2D eigenvalue weighted by atomic mass is 10.1. The summed E-state index contributed by atoms with van der Waals surface area (Å²) in [5, 5.41) is 2.76. The predicted molar refractivity (Wildman–Crippen MR) is 114 cm³/mol. The van der Waals surface area contributed by atoms with Crippen molar-refractivity contribution in [1.82, 2.24) is 0 Å². The van der Waals surface area contributed by atoms with E-state index in [4.69, 9.17) is 37.1 Å². The fraction of sp³-hybridized carbons (Fsp3) is 0.0870. The minimum absolute atomic E-state index is 0.0208. The molecule has 0 N–H and O–H groups in total. The highest BCUT2D eigenvalue weighted by Gasteiger charge is 2.17. The highest BCUT2D eigenvalue weighted by Crippen LogP contribution is 2.34. The minimum atomic E-state index is -0.494. The Morgan fingerprint density at radius 2 is 1.72 bits per heavy atom. The Hall–Kier alpha value is -2.95. The molecular formula is C23H16Cl2O4. The summed E-state index contributed by atoms with van der Waals surface area (Å²) in [6, 6.07) is 20.1. The molecular weight excluding hydrogens is 411 g/mol. The van der Waals surface area contributed by atoms with E-state index >= 15 is 0 Å². The quantitative estimate of drug-likeness (QED) is 0.330. The molecule has 0 atom stereocenters. The summed E-state index contributed by atoms with van der Waals surface area (Å²) in [7, 11) is 1.52. The van der Waals surface area contributed by atoms with Gasteiger partial charge in [-0.05, 0) is 47.2 Å². The number of carbonyl (C=O) groups is 1. The summed E-state index contributed by atoms with van der Waals surface area (Å²) in [4.78, 5) is 12.6. The number of ether oxygens (including phenoxy) is 2. The largest absolute Gasteiger partial charge is 0.496 e. The molecule has 0 spiro atoms. The monoisotopic (exact) mass is 426 g/mol. The van der Waals surface area contributed by atoms with Crippen LogP contribution in [0.3, 0.4) is 0 Å². The Bertz CT molecular complexity index is 1200. The number of hydrogen-bond acceptors (Lipinski definition) is 4. The third kappa shape index (κ3) is 3.95. The van der Waals surface area contributed by atoms with Crippen molar-refractivity contribution in [2.45, 2.75) is 6.61 Å². The van der Waals surface area contributed by atoms with Gasteiger partial charge in [-0.2, -0.15) is 0 Å². The number of methoxy groups -OCH3 is 1. The van der Waals surface area contributed by atoms with Gasteiger partial charge in [0, 0.05) is 5.56 Å². The Morgan fingerprint density at radius 1 is 0.966 bits per heavy atom. The molecule has 1 aromatic heterocycles. The van der Waals surface area contributed by atoms with Crippen molar-refractivity contribution in [3.8, 4) is 17.1 Å². The van der Waals surface area contributed by atoms with Crippen LogP contribution in [-0.4, -0.2) is 13.1 Å². The van der Waals surface area contributed by atoms with Crippen LogP contribution in [-0.2, 0) is 11.3 Å².